The molecule has 1 heterocycles. The van der Waals surface area contributed by atoms with E-state index in [9.17, 15) is 22.8 Å². The first-order chi connectivity index (χ1) is 11.9. The minimum atomic E-state index is -4.84. The molecule has 0 aromatic heterocycles. The fraction of sp³-hybridized carbons (Fsp3) is 0.556. The summed E-state index contributed by atoms with van der Waals surface area (Å²) in [5.41, 5.74) is 2.32. The first-order valence-electron chi connectivity index (χ1n) is 8.42. The van der Waals surface area contributed by atoms with Crippen LogP contribution in [-0.2, 0) is 15.0 Å². The number of carbonyl (C=O) groups excluding carboxylic acids is 2. The van der Waals surface area contributed by atoms with Crippen molar-refractivity contribution in [2.45, 2.75) is 39.3 Å². The number of amides is 2. The van der Waals surface area contributed by atoms with E-state index in [0.717, 1.165) is 16.2 Å². The minimum absolute atomic E-state index is 0.00750. The van der Waals surface area contributed by atoms with Crippen molar-refractivity contribution in [1.29, 1.82) is 0 Å². The van der Waals surface area contributed by atoms with Crippen LogP contribution >= 0.6 is 0 Å². The number of anilines is 2. The molecule has 1 aliphatic heterocycles. The highest BCUT2D eigenvalue weighted by Gasteiger charge is 2.43. The van der Waals surface area contributed by atoms with Gasteiger partial charge in [-0.3, -0.25) is 9.59 Å². The average molecular weight is 371 g/mol. The van der Waals surface area contributed by atoms with Crippen molar-refractivity contribution in [1.82, 2.24) is 4.90 Å². The van der Waals surface area contributed by atoms with Crippen molar-refractivity contribution in [3.8, 4) is 0 Å². The molecule has 1 N–H and O–H groups in total. The van der Waals surface area contributed by atoms with Gasteiger partial charge < -0.3 is 15.1 Å². The van der Waals surface area contributed by atoms with E-state index in [1.807, 2.05) is 37.8 Å². The molecule has 1 aromatic rings. The van der Waals surface area contributed by atoms with Gasteiger partial charge in [0.1, 0.15) is 0 Å². The molecule has 144 valence electrons. The normalized spacial score (nSPS) is 15.8. The lowest BCUT2D eigenvalue weighted by Gasteiger charge is -2.37. The monoisotopic (exact) mass is 371 g/mol. The molecule has 0 aliphatic carbocycles. The second kappa shape index (κ2) is 7.17. The van der Waals surface area contributed by atoms with Crippen LogP contribution in [0.4, 0.5) is 24.5 Å². The number of rotatable bonds is 2. The number of nitrogens with one attached hydrogen (secondary N) is 1. The number of carbonyl (C=O) groups is 2. The smallest absolute Gasteiger partial charge is 0.368 e. The van der Waals surface area contributed by atoms with Crippen LogP contribution in [0.25, 0.3) is 0 Å². The van der Waals surface area contributed by atoms with Crippen molar-refractivity contribution < 1.29 is 22.8 Å². The number of piperazine rings is 1. The molecule has 1 aliphatic rings. The third-order valence-electron chi connectivity index (χ3n) is 4.28. The van der Waals surface area contributed by atoms with Crippen LogP contribution < -0.4 is 10.2 Å². The zero-order chi connectivity index (χ0) is 19.7. The number of hydrogen-bond donors (Lipinski definition) is 1. The van der Waals surface area contributed by atoms with Crippen molar-refractivity contribution in [2.24, 2.45) is 0 Å². The Morgan fingerprint density at radius 1 is 1.00 bits per heavy atom. The van der Waals surface area contributed by atoms with Crippen LogP contribution in [0.2, 0.25) is 0 Å². The van der Waals surface area contributed by atoms with Gasteiger partial charge in [-0.15, -0.1) is 0 Å². The summed E-state index contributed by atoms with van der Waals surface area (Å²) in [5.74, 6) is -1.98. The summed E-state index contributed by atoms with van der Waals surface area (Å²) in [6, 6.07) is 5.68. The Morgan fingerprint density at radius 3 is 2.04 bits per heavy atom. The summed E-state index contributed by atoms with van der Waals surface area (Å²) < 4.78 is 37.7. The van der Waals surface area contributed by atoms with Crippen molar-refractivity contribution in [2.75, 3.05) is 36.4 Å². The number of alkyl halides is 3. The van der Waals surface area contributed by atoms with Gasteiger partial charge in [-0.05, 0) is 29.2 Å². The summed E-state index contributed by atoms with van der Waals surface area (Å²) in [5, 5.41) is 2.76. The standard InChI is InChI=1S/C18H24F3N3O2/c1-12(25)22-14-9-13(17(2,3)4)10-15(11-14)23-5-7-24(8-6-23)16(26)18(19,20)21/h9-11H,5-8H2,1-4H3,(H,22,25). The van der Waals surface area contributed by atoms with Gasteiger partial charge >= 0.3 is 12.1 Å². The quantitative estimate of drug-likeness (QED) is 0.869. The van der Waals surface area contributed by atoms with Gasteiger partial charge in [-0.25, -0.2) is 0 Å². The first-order valence-corrected chi connectivity index (χ1v) is 8.42. The zero-order valence-corrected chi connectivity index (χ0v) is 15.4. The Labute approximate surface area is 151 Å². The van der Waals surface area contributed by atoms with Crippen LogP contribution in [0.5, 0.6) is 0 Å². The molecule has 2 rings (SSSR count). The van der Waals surface area contributed by atoms with Crippen LogP contribution in [0.3, 0.4) is 0 Å². The molecular formula is C18H24F3N3O2. The largest absolute Gasteiger partial charge is 0.471 e. The predicted octanol–water partition coefficient (Wildman–Crippen LogP) is 3.15. The van der Waals surface area contributed by atoms with Gasteiger partial charge in [0.2, 0.25) is 5.91 Å². The fourth-order valence-electron chi connectivity index (χ4n) is 2.85. The van der Waals surface area contributed by atoms with E-state index in [1.54, 1.807) is 6.07 Å². The molecule has 8 heteroatoms. The van der Waals surface area contributed by atoms with Gasteiger partial charge in [-0.2, -0.15) is 13.2 Å². The maximum Gasteiger partial charge on any atom is 0.471 e. The summed E-state index contributed by atoms with van der Waals surface area (Å²) in [6.07, 6.45) is -4.84. The average Bonchev–Trinajstić information content (AvgIpc) is 2.51. The molecule has 0 saturated carbocycles. The molecule has 0 radical (unpaired) electrons. The predicted molar refractivity (Wildman–Crippen MR) is 94.3 cm³/mol. The minimum Gasteiger partial charge on any atom is -0.368 e. The lowest BCUT2D eigenvalue weighted by Crippen LogP contribution is -2.52. The van der Waals surface area contributed by atoms with Crippen molar-refractivity contribution >= 4 is 23.2 Å². The van der Waals surface area contributed by atoms with E-state index < -0.39 is 12.1 Å². The Hall–Kier alpha value is -2.25. The maximum atomic E-state index is 12.6. The topological polar surface area (TPSA) is 52.7 Å². The summed E-state index contributed by atoms with van der Waals surface area (Å²) in [7, 11) is 0. The number of nitrogens with zero attached hydrogens (tertiary/aromatic N) is 2. The highest BCUT2D eigenvalue weighted by atomic mass is 19.4. The molecule has 0 unspecified atom stereocenters. The van der Waals surface area contributed by atoms with Crippen LogP contribution in [-0.4, -0.2) is 49.1 Å². The molecule has 2 amide bonds. The van der Waals surface area contributed by atoms with Gasteiger partial charge in [0.25, 0.3) is 0 Å². The molecule has 26 heavy (non-hydrogen) atoms. The molecular weight excluding hydrogens is 347 g/mol. The molecule has 1 fully saturated rings. The van der Waals surface area contributed by atoms with E-state index in [1.165, 1.54) is 6.92 Å². The van der Waals surface area contributed by atoms with Gasteiger partial charge in [0.15, 0.2) is 0 Å². The number of halogens is 3. The van der Waals surface area contributed by atoms with Gasteiger partial charge in [-0.1, -0.05) is 20.8 Å². The molecule has 0 atom stereocenters. The van der Waals surface area contributed by atoms with Crippen LogP contribution in [0.15, 0.2) is 18.2 Å². The number of benzene rings is 1. The highest BCUT2D eigenvalue weighted by Crippen LogP contribution is 2.31. The van der Waals surface area contributed by atoms with Crippen LogP contribution in [0, 0.1) is 0 Å². The van der Waals surface area contributed by atoms with Gasteiger partial charge in [0, 0.05) is 44.5 Å². The molecule has 0 bridgehead atoms. The molecule has 0 spiro atoms. The van der Waals surface area contributed by atoms with Crippen molar-refractivity contribution in [3.05, 3.63) is 23.8 Å². The Morgan fingerprint density at radius 2 is 1.58 bits per heavy atom. The second-order valence-electron chi connectivity index (χ2n) is 7.48. The van der Waals surface area contributed by atoms with E-state index in [4.69, 9.17) is 0 Å². The highest BCUT2D eigenvalue weighted by molar-refractivity contribution is 5.89. The number of hydrogen-bond acceptors (Lipinski definition) is 3. The fourth-order valence-corrected chi connectivity index (χ4v) is 2.85. The summed E-state index contributed by atoms with van der Waals surface area (Å²) in [4.78, 5) is 25.5. The third kappa shape index (κ3) is 4.89. The lowest BCUT2D eigenvalue weighted by molar-refractivity contribution is -0.185. The lowest BCUT2D eigenvalue weighted by atomic mass is 9.86. The zero-order valence-electron chi connectivity index (χ0n) is 15.4. The Kier molecular flexibility index (Phi) is 5.53. The Balaban J connectivity index is 2.21. The second-order valence-corrected chi connectivity index (χ2v) is 7.48. The first kappa shape index (κ1) is 20.1. The van der Waals surface area contributed by atoms with E-state index in [2.05, 4.69) is 5.32 Å². The SMILES string of the molecule is CC(=O)Nc1cc(N2CCN(C(=O)C(F)(F)F)CC2)cc(C(C)(C)C)c1. The van der Waals surface area contributed by atoms with E-state index in [0.29, 0.717) is 18.8 Å². The molecule has 5 nitrogen and oxygen atoms in total. The van der Waals surface area contributed by atoms with E-state index >= 15 is 0 Å². The maximum absolute atomic E-state index is 12.6. The molecule has 1 aromatic carbocycles. The van der Waals surface area contributed by atoms with Crippen molar-refractivity contribution in [3.63, 3.8) is 0 Å². The summed E-state index contributed by atoms with van der Waals surface area (Å²) in [6.45, 7) is 8.17. The van der Waals surface area contributed by atoms with Crippen LogP contribution in [0.1, 0.15) is 33.3 Å². The van der Waals surface area contributed by atoms with E-state index in [-0.39, 0.29) is 24.4 Å². The third-order valence-corrected chi connectivity index (χ3v) is 4.28. The Bertz CT molecular complexity index is 688. The molecule has 1 saturated heterocycles. The summed E-state index contributed by atoms with van der Waals surface area (Å²) >= 11 is 0. The van der Waals surface area contributed by atoms with Gasteiger partial charge in [0.05, 0.1) is 0 Å².